The fourth-order valence-corrected chi connectivity index (χ4v) is 10.8. The van der Waals surface area contributed by atoms with Crippen LogP contribution in [0.3, 0.4) is 0 Å². The lowest BCUT2D eigenvalue weighted by Gasteiger charge is -2.37. The fraction of sp³-hybridized carbons (Fsp3) is 0.143. The highest BCUT2D eigenvalue weighted by Crippen LogP contribution is 2.66. The van der Waals surface area contributed by atoms with Crippen molar-refractivity contribution in [2.75, 3.05) is 4.90 Å². The quantitative estimate of drug-likeness (QED) is 0.186. The molecule has 7 aromatic carbocycles. The van der Waals surface area contributed by atoms with Gasteiger partial charge in [-0.2, -0.15) is 0 Å². The standard InChI is InChI=1S/C49H36N2O/c1-5-13-43-37(9-1)38-25-23-35(28-44(38)49(43)30-31-17-18-32(49)27-31)50(36-24-26-42-41-12-4-8-16-47(41)52-48(42)29-36)33-19-21-34(22-20-33)51-45-14-6-2-10-39(45)40-11-3-7-15-46(40)51/h1-16,19-26,28-29,31-32H,17-18,27,30H2. The third-order valence-corrected chi connectivity index (χ3v) is 12.9. The maximum absolute atomic E-state index is 6.46. The summed E-state index contributed by atoms with van der Waals surface area (Å²) in [7, 11) is 0. The smallest absolute Gasteiger partial charge is 0.137 e. The second-order valence-electron chi connectivity index (χ2n) is 15.3. The molecule has 2 saturated carbocycles. The van der Waals surface area contributed by atoms with Crippen molar-refractivity contribution in [3.8, 4) is 16.8 Å². The number of rotatable bonds is 4. The number of nitrogens with zero attached hydrogens (tertiary/aromatic N) is 2. The van der Waals surface area contributed by atoms with E-state index in [2.05, 4.69) is 161 Å². The van der Waals surface area contributed by atoms with Crippen molar-refractivity contribution in [1.82, 2.24) is 4.57 Å². The van der Waals surface area contributed by atoms with Crippen LogP contribution in [0.4, 0.5) is 17.1 Å². The molecule has 2 bridgehead atoms. The number of aromatic nitrogens is 1. The second kappa shape index (κ2) is 10.5. The van der Waals surface area contributed by atoms with Gasteiger partial charge in [0.25, 0.3) is 0 Å². The van der Waals surface area contributed by atoms with Crippen molar-refractivity contribution in [2.45, 2.75) is 31.1 Å². The highest BCUT2D eigenvalue weighted by atomic mass is 16.3. The van der Waals surface area contributed by atoms with E-state index in [4.69, 9.17) is 4.42 Å². The van der Waals surface area contributed by atoms with Gasteiger partial charge in [0.2, 0.25) is 0 Å². The highest BCUT2D eigenvalue weighted by molar-refractivity contribution is 6.09. The Labute approximate surface area is 302 Å². The Kier molecular flexibility index (Phi) is 5.77. The van der Waals surface area contributed by atoms with Crippen molar-refractivity contribution in [3.05, 3.63) is 169 Å². The highest BCUT2D eigenvalue weighted by Gasteiger charge is 2.56. The van der Waals surface area contributed by atoms with Gasteiger partial charge < -0.3 is 13.9 Å². The maximum atomic E-state index is 6.46. The zero-order chi connectivity index (χ0) is 34.0. The monoisotopic (exact) mass is 668 g/mol. The van der Waals surface area contributed by atoms with E-state index >= 15 is 0 Å². The first-order valence-corrected chi connectivity index (χ1v) is 18.8. The van der Waals surface area contributed by atoms with Gasteiger partial charge in [0.15, 0.2) is 0 Å². The SMILES string of the molecule is c1ccc2c(c1)-c1ccc(N(c3ccc(-n4c5ccccc5c5ccccc54)cc3)c3ccc4c(c3)oc3ccccc34)cc1C21CC2CCC1C2. The zero-order valence-corrected chi connectivity index (χ0v) is 28.8. The molecule has 3 aliphatic carbocycles. The Hall–Kier alpha value is -6.06. The van der Waals surface area contributed by atoms with Gasteiger partial charge in [-0.3, -0.25) is 0 Å². The molecule has 2 heterocycles. The van der Waals surface area contributed by atoms with E-state index in [0.29, 0.717) is 5.92 Å². The summed E-state index contributed by atoms with van der Waals surface area (Å²) < 4.78 is 8.85. The summed E-state index contributed by atoms with van der Waals surface area (Å²) in [6, 6.07) is 58.2. The predicted octanol–water partition coefficient (Wildman–Crippen LogP) is 13.2. The Morgan fingerprint density at radius 3 is 1.92 bits per heavy atom. The molecule has 1 spiro atoms. The number of hydrogen-bond acceptors (Lipinski definition) is 2. The van der Waals surface area contributed by atoms with Crippen LogP contribution < -0.4 is 4.90 Å². The van der Waals surface area contributed by atoms with Crippen LogP contribution in [-0.4, -0.2) is 4.57 Å². The molecule has 248 valence electrons. The summed E-state index contributed by atoms with van der Waals surface area (Å²) in [5.41, 5.74) is 14.9. The third-order valence-electron chi connectivity index (χ3n) is 12.9. The lowest BCUT2D eigenvalue weighted by atomic mass is 9.67. The van der Waals surface area contributed by atoms with Gasteiger partial charge >= 0.3 is 0 Å². The van der Waals surface area contributed by atoms with E-state index < -0.39 is 0 Å². The van der Waals surface area contributed by atoms with Crippen LogP contribution in [-0.2, 0) is 5.41 Å². The molecular formula is C49H36N2O. The van der Waals surface area contributed by atoms with Gasteiger partial charge in [-0.1, -0.05) is 91.3 Å². The Morgan fingerprint density at radius 1 is 0.519 bits per heavy atom. The second-order valence-corrected chi connectivity index (χ2v) is 15.3. The molecule has 2 aromatic heterocycles. The Balaban J connectivity index is 1.05. The minimum Gasteiger partial charge on any atom is -0.456 e. The van der Waals surface area contributed by atoms with Crippen molar-refractivity contribution in [3.63, 3.8) is 0 Å². The molecule has 9 aromatic rings. The number of fused-ring (bicyclic) bond motifs is 14. The Morgan fingerprint density at radius 2 is 1.15 bits per heavy atom. The number of benzene rings is 7. The molecule has 2 fully saturated rings. The molecule has 3 aliphatic rings. The van der Waals surface area contributed by atoms with Crippen LogP contribution in [0.1, 0.15) is 36.8 Å². The van der Waals surface area contributed by atoms with Crippen molar-refractivity contribution in [2.24, 2.45) is 11.8 Å². The van der Waals surface area contributed by atoms with Crippen LogP contribution in [0.15, 0.2) is 162 Å². The third kappa shape index (κ3) is 3.80. The summed E-state index contributed by atoms with van der Waals surface area (Å²) in [5.74, 6) is 1.54. The minimum atomic E-state index is 0.111. The van der Waals surface area contributed by atoms with Crippen LogP contribution >= 0.6 is 0 Å². The summed E-state index contributed by atoms with van der Waals surface area (Å²) >= 11 is 0. The van der Waals surface area contributed by atoms with E-state index in [-0.39, 0.29) is 5.41 Å². The van der Waals surface area contributed by atoms with Gasteiger partial charge in [0, 0.05) is 55.8 Å². The summed E-state index contributed by atoms with van der Waals surface area (Å²) in [5, 5.41) is 4.85. The van der Waals surface area contributed by atoms with Gasteiger partial charge in [-0.25, -0.2) is 0 Å². The van der Waals surface area contributed by atoms with E-state index in [0.717, 1.165) is 44.9 Å². The molecule has 12 rings (SSSR count). The summed E-state index contributed by atoms with van der Waals surface area (Å²) in [6.07, 6.45) is 5.34. The maximum Gasteiger partial charge on any atom is 0.137 e. The van der Waals surface area contributed by atoms with E-state index in [1.807, 2.05) is 6.07 Å². The molecule has 0 saturated heterocycles. The first kappa shape index (κ1) is 28.6. The van der Waals surface area contributed by atoms with Gasteiger partial charge in [0.05, 0.1) is 11.0 Å². The molecule has 3 atom stereocenters. The predicted molar refractivity (Wildman–Crippen MR) is 214 cm³/mol. The molecule has 3 nitrogen and oxygen atoms in total. The lowest BCUT2D eigenvalue weighted by Crippen LogP contribution is -2.32. The van der Waals surface area contributed by atoms with E-state index in [1.165, 1.54) is 69.9 Å². The molecule has 3 heteroatoms. The normalized spacial score (nSPS) is 20.1. The number of anilines is 3. The van der Waals surface area contributed by atoms with Crippen molar-refractivity contribution < 1.29 is 4.42 Å². The van der Waals surface area contributed by atoms with Gasteiger partial charge in [0.1, 0.15) is 11.2 Å². The lowest BCUT2D eigenvalue weighted by molar-refractivity contribution is 0.327. The van der Waals surface area contributed by atoms with Gasteiger partial charge in [-0.05, 0) is 120 Å². The number of furan rings is 1. The molecule has 3 unspecified atom stereocenters. The van der Waals surface area contributed by atoms with Crippen LogP contribution in [0.25, 0.3) is 60.6 Å². The number of hydrogen-bond donors (Lipinski definition) is 0. The molecule has 0 radical (unpaired) electrons. The fourth-order valence-electron chi connectivity index (χ4n) is 10.8. The first-order chi connectivity index (χ1) is 25.7. The molecule has 0 aliphatic heterocycles. The average molecular weight is 669 g/mol. The topological polar surface area (TPSA) is 21.3 Å². The van der Waals surface area contributed by atoms with Crippen molar-refractivity contribution in [1.29, 1.82) is 0 Å². The van der Waals surface area contributed by atoms with Crippen LogP contribution in [0, 0.1) is 11.8 Å². The van der Waals surface area contributed by atoms with E-state index in [1.54, 1.807) is 5.56 Å². The number of para-hydroxylation sites is 3. The van der Waals surface area contributed by atoms with Crippen LogP contribution in [0.2, 0.25) is 0 Å². The molecular weight excluding hydrogens is 633 g/mol. The summed E-state index contributed by atoms with van der Waals surface area (Å²) in [6.45, 7) is 0. The molecule has 52 heavy (non-hydrogen) atoms. The molecule has 0 amide bonds. The minimum absolute atomic E-state index is 0.111. The van der Waals surface area contributed by atoms with E-state index in [9.17, 15) is 0 Å². The Bertz CT molecular complexity index is 2840. The zero-order valence-electron chi connectivity index (χ0n) is 28.8. The average Bonchev–Trinajstić information content (AvgIpc) is 4.02. The van der Waals surface area contributed by atoms with Gasteiger partial charge in [-0.15, -0.1) is 0 Å². The molecule has 0 N–H and O–H groups in total. The van der Waals surface area contributed by atoms with Crippen LogP contribution in [0.5, 0.6) is 0 Å². The largest absolute Gasteiger partial charge is 0.456 e. The summed E-state index contributed by atoms with van der Waals surface area (Å²) in [4.78, 5) is 2.44. The first-order valence-electron chi connectivity index (χ1n) is 18.8. The van der Waals surface area contributed by atoms with Crippen molar-refractivity contribution >= 4 is 60.8 Å².